The maximum Gasteiger partial charge on any atom is 0.0625 e. The molecule has 0 aliphatic heterocycles. The lowest BCUT2D eigenvalue weighted by atomic mass is 9.91. The molecule has 0 rings (SSSR count). The zero-order valence-electron chi connectivity index (χ0n) is 20.2. The number of methoxy groups -OCH3 is 2. The smallest absolute Gasteiger partial charge is 0.0625 e. The minimum absolute atomic E-state index is 0.361. The van der Waals surface area contributed by atoms with Crippen molar-refractivity contribution < 1.29 is 18.9 Å². The molecule has 29 heavy (non-hydrogen) atoms. The van der Waals surface area contributed by atoms with Crippen molar-refractivity contribution in [2.75, 3.05) is 47.3 Å². The Morgan fingerprint density at radius 1 is 0.552 bits per heavy atom. The van der Waals surface area contributed by atoms with E-state index in [1.807, 2.05) is 7.11 Å². The van der Waals surface area contributed by atoms with E-state index in [9.17, 15) is 0 Å². The van der Waals surface area contributed by atoms with Gasteiger partial charge in [0.2, 0.25) is 0 Å². The molecule has 0 saturated heterocycles. The summed E-state index contributed by atoms with van der Waals surface area (Å²) < 4.78 is 22.2. The standard InChI is InChI=1S/C25H52O4/c1-5-28-22-18-14-10-8-12-16-20-25(29-6-2)24(23-27-4)19-15-11-7-9-13-17-21-26-3/h24-25H,5-23H2,1-4H3. The fourth-order valence-electron chi connectivity index (χ4n) is 4.02. The second-order valence-electron chi connectivity index (χ2n) is 8.22. The third kappa shape index (κ3) is 19.5. The van der Waals surface area contributed by atoms with Gasteiger partial charge in [-0.3, -0.25) is 0 Å². The normalized spacial score (nSPS) is 13.7. The highest BCUT2D eigenvalue weighted by Gasteiger charge is 2.21. The van der Waals surface area contributed by atoms with E-state index in [2.05, 4.69) is 13.8 Å². The van der Waals surface area contributed by atoms with Crippen LogP contribution >= 0.6 is 0 Å². The molecule has 0 aromatic carbocycles. The highest BCUT2D eigenvalue weighted by molar-refractivity contribution is 4.71. The first-order valence-electron chi connectivity index (χ1n) is 12.5. The van der Waals surface area contributed by atoms with E-state index in [1.54, 1.807) is 7.11 Å². The Bertz CT molecular complexity index is 299. The summed E-state index contributed by atoms with van der Waals surface area (Å²) in [6.07, 6.45) is 18.3. The van der Waals surface area contributed by atoms with Crippen LogP contribution < -0.4 is 0 Å². The van der Waals surface area contributed by atoms with E-state index in [4.69, 9.17) is 18.9 Å². The van der Waals surface area contributed by atoms with Crippen molar-refractivity contribution >= 4 is 0 Å². The van der Waals surface area contributed by atoms with Crippen molar-refractivity contribution in [2.24, 2.45) is 5.92 Å². The molecule has 0 heterocycles. The molecular formula is C25H52O4. The molecule has 0 radical (unpaired) electrons. The van der Waals surface area contributed by atoms with Gasteiger partial charge in [-0.05, 0) is 39.5 Å². The van der Waals surface area contributed by atoms with Gasteiger partial charge in [-0.1, -0.05) is 64.2 Å². The van der Waals surface area contributed by atoms with Crippen LogP contribution in [0.4, 0.5) is 0 Å². The average molecular weight is 417 g/mol. The Hall–Kier alpha value is -0.160. The lowest BCUT2D eigenvalue weighted by molar-refractivity contribution is -0.0182. The summed E-state index contributed by atoms with van der Waals surface area (Å²) >= 11 is 0. The van der Waals surface area contributed by atoms with Gasteiger partial charge in [0, 0.05) is 46.6 Å². The van der Waals surface area contributed by atoms with Crippen LogP contribution in [0.3, 0.4) is 0 Å². The molecule has 0 aromatic heterocycles. The van der Waals surface area contributed by atoms with Crippen molar-refractivity contribution in [3.05, 3.63) is 0 Å². The number of hydrogen-bond acceptors (Lipinski definition) is 4. The van der Waals surface area contributed by atoms with Crippen LogP contribution in [0.15, 0.2) is 0 Å². The Balaban J connectivity index is 3.94. The van der Waals surface area contributed by atoms with Crippen molar-refractivity contribution in [2.45, 2.75) is 110 Å². The van der Waals surface area contributed by atoms with Crippen molar-refractivity contribution in [1.29, 1.82) is 0 Å². The van der Waals surface area contributed by atoms with Crippen LogP contribution in [0.1, 0.15) is 104 Å². The zero-order valence-corrected chi connectivity index (χ0v) is 20.2. The van der Waals surface area contributed by atoms with Crippen LogP contribution in [0.5, 0.6) is 0 Å². The Labute approximate surface area is 182 Å². The maximum absolute atomic E-state index is 6.14. The summed E-state index contributed by atoms with van der Waals surface area (Å²) in [6.45, 7) is 8.49. The fourth-order valence-corrected chi connectivity index (χ4v) is 4.02. The first-order chi connectivity index (χ1) is 14.3. The fraction of sp³-hybridized carbons (Fsp3) is 1.00. The minimum atomic E-state index is 0.361. The van der Waals surface area contributed by atoms with Gasteiger partial charge in [0.25, 0.3) is 0 Å². The van der Waals surface area contributed by atoms with E-state index >= 15 is 0 Å². The van der Waals surface area contributed by atoms with Crippen molar-refractivity contribution in [3.63, 3.8) is 0 Å². The molecule has 0 fully saturated rings. The maximum atomic E-state index is 6.14. The molecule has 0 spiro atoms. The SMILES string of the molecule is CCOCCCCCCCCC(OCC)C(CCCCCCCCOC)COC. The molecule has 2 unspecified atom stereocenters. The van der Waals surface area contributed by atoms with Crippen molar-refractivity contribution in [1.82, 2.24) is 0 Å². The monoisotopic (exact) mass is 416 g/mol. The molecule has 2 atom stereocenters. The van der Waals surface area contributed by atoms with Gasteiger partial charge in [0.1, 0.15) is 0 Å². The van der Waals surface area contributed by atoms with Crippen LogP contribution in [0.25, 0.3) is 0 Å². The van der Waals surface area contributed by atoms with Crippen LogP contribution in [0.2, 0.25) is 0 Å². The van der Waals surface area contributed by atoms with E-state index < -0.39 is 0 Å². The molecule has 0 aliphatic rings. The lowest BCUT2D eigenvalue weighted by Crippen LogP contribution is -2.28. The summed E-state index contributed by atoms with van der Waals surface area (Å²) in [4.78, 5) is 0. The molecule has 0 aromatic rings. The topological polar surface area (TPSA) is 36.9 Å². The van der Waals surface area contributed by atoms with E-state index in [0.29, 0.717) is 12.0 Å². The highest BCUT2D eigenvalue weighted by atomic mass is 16.5. The first-order valence-corrected chi connectivity index (χ1v) is 12.5. The molecule has 4 heteroatoms. The number of hydrogen-bond donors (Lipinski definition) is 0. The summed E-state index contributed by atoms with van der Waals surface area (Å²) in [6, 6.07) is 0. The van der Waals surface area contributed by atoms with Gasteiger partial charge in [0.15, 0.2) is 0 Å². The molecule has 176 valence electrons. The quantitative estimate of drug-likeness (QED) is 0.162. The van der Waals surface area contributed by atoms with Crippen LogP contribution in [-0.2, 0) is 18.9 Å². The van der Waals surface area contributed by atoms with Gasteiger partial charge >= 0.3 is 0 Å². The second-order valence-corrected chi connectivity index (χ2v) is 8.22. The average Bonchev–Trinajstić information content (AvgIpc) is 2.73. The summed E-state index contributed by atoms with van der Waals surface area (Å²) in [5.41, 5.74) is 0. The largest absolute Gasteiger partial charge is 0.385 e. The zero-order chi connectivity index (χ0) is 21.4. The van der Waals surface area contributed by atoms with E-state index in [-0.39, 0.29) is 0 Å². The van der Waals surface area contributed by atoms with Gasteiger partial charge in [0.05, 0.1) is 12.7 Å². The molecule has 0 saturated carbocycles. The van der Waals surface area contributed by atoms with Crippen LogP contribution in [0, 0.1) is 5.92 Å². The third-order valence-electron chi connectivity index (χ3n) is 5.69. The third-order valence-corrected chi connectivity index (χ3v) is 5.69. The predicted molar refractivity (Wildman–Crippen MR) is 124 cm³/mol. The highest BCUT2D eigenvalue weighted by Crippen LogP contribution is 2.23. The molecular weight excluding hydrogens is 364 g/mol. The van der Waals surface area contributed by atoms with Gasteiger partial charge in [-0.2, -0.15) is 0 Å². The summed E-state index contributed by atoms with van der Waals surface area (Å²) in [5.74, 6) is 0.541. The first kappa shape index (κ1) is 28.8. The molecule has 4 nitrogen and oxygen atoms in total. The van der Waals surface area contributed by atoms with E-state index in [0.717, 1.165) is 33.0 Å². The molecule has 0 N–H and O–H groups in total. The van der Waals surface area contributed by atoms with E-state index in [1.165, 1.54) is 89.9 Å². The number of rotatable bonds is 24. The predicted octanol–water partition coefficient (Wildman–Crippen LogP) is 6.80. The number of ether oxygens (including phenoxy) is 4. The molecule has 0 aliphatic carbocycles. The number of unbranched alkanes of at least 4 members (excludes halogenated alkanes) is 10. The van der Waals surface area contributed by atoms with Gasteiger partial charge in [-0.25, -0.2) is 0 Å². The minimum Gasteiger partial charge on any atom is -0.385 e. The Morgan fingerprint density at radius 3 is 1.66 bits per heavy atom. The summed E-state index contributed by atoms with van der Waals surface area (Å²) in [7, 11) is 3.61. The summed E-state index contributed by atoms with van der Waals surface area (Å²) in [5, 5.41) is 0. The van der Waals surface area contributed by atoms with Gasteiger partial charge in [-0.15, -0.1) is 0 Å². The lowest BCUT2D eigenvalue weighted by Gasteiger charge is -2.27. The molecule has 0 amide bonds. The molecule has 0 bridgehead atoms. The van der Waals surface area contributed by atoms with Gasteiger partial charge < -0.3 is 18.9 Å². The van der Waals surface area contributed by atoms with Crippen molar-refractivity contribution in [3.8, 4) is 0 Å². The van der Waals surface area contributed by atoms with Crippen LogP contribution in [-0.4, -0.2) is 53.4 Å². The Kier molecular flexibility index (Phi) is 24.0. The Morgan fingerprint density at radius 2 is 1.10 bits per heavy atom. The second kappa shape index (κ2) is 24.1.